The Morgan fingerprint density at radius 1 is 1.08 bits per heavy atom. The van der Waals surface area contributed by atoms with Gasteiger partial charge in [-0.15, -0.1) is 0 Å². The molecule has 6 nitrogen and oxygen atoms in total. The highest BCUT2D eigenvalue weighted by atomic mass is 16.5. The molecule has 26 heavy (non-hydrogen) atoms. The third-order valence-corrected chi connectivity index (χ3v) is 5.86. The highest BCUT2D eigenvalue weighted by molar-refractivity contribution is 5.76. The van der Waals surface area contributed by atoms with Crippen LogP contribution in [0.1, 0.15) is 31.2 Å². The van der Waals surface area contributed by atoms with E-state index in [2.05, 4.69) is 5.32 Å². The number of carbonyl (C=O) groups excluding carboxylic acids is 1. The summed E-state index contributed by atoms with van der Waals surface area (Å²) in [5.74, 6) is 2.07. The van der Waals surface area contributed by atoms with Crippen molar-refractivity contribution in [2.24, 2.45) is 5.41 Å². The molecular formula is C20H30N2O4. The minimum Gasteiger partial charge on any atom is -0.493 e. The summed E-state index contributed by atoms with van der Waals surface area (Å²) in [7, 11) is 4.80. The molecule has 1 spiro atoms. The molecule has 0 aliphatic carbocycles. The van der Waals surface area contributed by atoms with Crippen LogP contribution in [-0.4, -0.2) is 58.3 Å². The van der Waals surface area contributed by atoms with Crippen LogP contribution < -0.4 is 19.5 Å². The van der Waals surface area contributed by atoms with Gasteiger partial charge in [0.2, 0.25) is 11.7 Å². The highest BCUT2D eigenvalue weighted by Gasteiger charge is 2.37. The third-order valence-electron chi connectivity index (χ3n) is 5.86. The average Bonchev–Trinajstić information content (AvgIpc) is 3.13. The number of methoxy groups -OCH3 is 3. The summed E-state index contributed by atoms with van der Waals surface area (Å²) in [6, 6.07) is 3.84. The molecule has 0 atom stereocenters. The second-order valence-electron chi connectivity index (χ2n) is 7.34. The summed E-state index contributed by atoms with van der Waals surface area (Å²) < 4.78 is 16.1. The summed E-state index contributed by atoms with van der Waals surface area (Å²) in [6.07, 6.45) is 4.66. The lowest BCUT2D eigenvalue weighted by Crippen LogP contribution is -2.44. The van der Waals surface area contributed by atoms with Gasteiger partial charge in [0, 0.05) is 26.1 Å². The lowest BCUT2D eigenvalue weighted by atomic mass is 9.78. The van der Waals surface area contributed by atoms with Gasteiger partial charge in [0.25, 0.3) is 0 Å². The predicted molar refractivity (Wildman–Crippen MR) is 100 cm³/mol. The number of likely N-dealkylation sites (tertiary alicyclic amines) is 1. The van der Waals surface area contributed by atoms with Crippen molar-refractivity contribution in [1.29, 1.82) is 0 Å². The molecule has 0 radical (unpaired) electrons. The summed E-state index contributed by atoms with van der Waals surface area (Å²) in [5.41, 5.74) is 1.45. The largest absolute Gasteiger partial charge is 0.493 e. The molecule has 1 aromatic carbocycles. The van der Waals surface area contributed by atoms with Gasteiger partial charge in [-0.3, -0.25) is 4.79 Å². The standard InChI is InChI=1S/C20H30N2O4/c1-24-16-12-15(13-17(25-2)19(16)26-3)4-5-18(23)22-10-7-20(8-11-22)6-9-21-14-20/h12-13,21H,4-11,14H2,1-3H3. The number of benzene rings is 1. The molecule has 6 heteroatoms. The van der Waals surface area contributed by atoms with E-state index in [1.165, 1.54) is 6.42 Å². The molecule has 2 fully saturated rings. The normalized spacial score (nSPS) is 18.8. The zero-order valence-electron chi connectivity index (χ0n) is 16.1. The molecular weight excluding hydrogens is 332 g/mol. The van der Waals surface area contributed by atoms with Gasteiger partial charge in [0.05, 0.1) is 21.3 Å². The minimum atomic E-state index is 0.236. The van der Waals surface area contributed by atoms with E-state index in [4.69, 9.17) is 14.2 Å². The zero-order chi connectivity index (χ0) is 18.6. The lowest BCUT2D eigenvalue weighted by Gasteiger charge is -2.39. The average molecular weight is 362 g/mol. The fourth-order valence-electron chi connectivity index (χ4n) is 4.14. The maximum absolute atomic E-state index is 12.6. The van der Waals surface area contributed by atoms with Gasteiger partial charge in [-0.05, 0) is 55.3 Å². The van der Waals surface area contributed by atoms with Crippen LogP contribution in [-0.2, 0) is 11.2 Å². The second kappa shape index (κ2) is 8.16. The van der Waals surface area contributed by atoms with E-state index >= 15 is 0 Å². The number of nitrogens with zero attached hydrogens (tertiary/aromatic N) is 1. The van der Waals surface area contributed by atoms with Crippen LogP contribution in [0, 0.1) is 5.41 Å². The van der Waals surface area contributed by atoms with Gasteiger partial charge in [0.1, 0.15) is 0 Å². The molecule has 2 saturated heterocycles. The van der Waals surface area contributed by atoms with Crippen molar-refractivity contribution >= 4 is 5.91 Å². The van der Waals surface area contributed by atoms with E-state index in [-0.39, 0.29) is 5.91 Å². The maximum Gasteiger partial charge on any atom is 0.222 e. The highest BCUT2D eigenvalue weighted by Crippen LogP contribution is 2.39. The van der Waals surface area contributed by atoms with Gasteiger partial charge in [-0.2, -0.15) is 0 Å². The van der Waals surface area contributed by atoms with Crippen molar-refractivity contribution in [3.63, 3.8) is 0 Å². The molecule has 3 rings (SSSR count). The summed E-state index contributed by atoms with van der Waals surface area (Å²) in [5, 5.41) is 3.47. The molecule has 2 heterocycles. The van der Waals surface area contributed by atoms with Crippen LogP contribution in [0.15, 0.2) is 12.1 Å². The molecule has 0 unspecified atom stereocenters. The van der Waals surface area contributed by atoms with Crippen LogP contribution in [0.5, 0.6) is 17.2 Å². The summed E-state index contributed by atoms with van der Waals surface area (Å²) in [4.78, 5) is 14.7. The number of piperidine rings is 1. The SMILES string of the molecule is COc1cc(CCC(=O)N2CCC3(CCNC3)CC2)cc(OC)c1OC. The maximum atomic E-state index is 12.6. The Kier molecular flexibility index (Phi) is 5.91. The van der Waals surface area contributed by atoms with Crippen LogP contribution in [0.25, 0.3) is 0 Å². The van der Waals surface area contributed by atoms with Crippen LogP contribution in [0.3, 0.4) is 0 Å². The molecule has 1 N–H and O–H groups in total. The quantitative estimate of drug-likeness (QED) is 0.841. The Morgan fingerprint density at radius 2 is 1.73 bits per heavy atom. The second-order valence-corrected chi connectivity index (χ2v) is 7.34. The molecule has 144 valence electrons. The molecule has 2 aliphatic rings. The number of hydrogen-bond acceptors (Lipinski definition) is 5. The van der Waals surface area contributed by atoms with Crippen molar-refractivity contribution in [3.8, 4) is 17.2 Å². The van der Waals surface area contributed by atoms with Gasteiger partial charge in [0.15, 0.2) is 11.5 Å². The molecule has 0 bridgehead atoms. The number of nitrogens with one attached hydrogen (secondary N) is 1. The Labute approximate surface area is 155 Å². The topological polar surface area (TPSA) is 60.0 Å². The summed E-state index contributed by atoms with van der Waals surface area (Å²) >= 11 is 0. The van der Waals surface area contributed by atoms with E-state index in [1.807, 2.05) is 17.0 Å². The van der Waals surface area contributed by atoms with Gasteiger partial charge in [-0.25, -0.2) is 0 Å². The van der Waals surface area contributed by atoms with Crippen LogP contribution in [0.4, 0.5) is 0 Å². The summed E-state index contributed by atoms with van der Waals surface area (Å²) in [6.45, 7) is 4.00. The number of hydrogen-bond donors (Lipinski definition) is 1. The number of carbonyl (C=O) groups is 1. The molecule has 0 aromatic heterocycles. The Morgan fingerprint density at radius 3 is 2.23 bits per heavy atom. The van der Waals surface area contributed by atoms with E-state index < -0.39 is 0 Å². The predicted octanol–water partition coefficient (Wildman–Crippen LogP) is 2.25. The fourth-order valence-corrected chi connectivity index (χ4v) is 4.14. The van der Waals surface area contributed by atoms with Crippen molar-refractivity contribution < 1.29 is 19.0 Å². The first-order valence-corrected chi connectivity index (χ1v) is 9.38. The Bertz CT molecular complexity index is 606. The van der Waals surface area contributed by atoms with E-state index in [0.29, 0.717) is 35.5 Å². The van der Waals surface area contributed by atoms with Gasteiger partial charge < -0.3 is 24.4 Å². The number of ether oxygens (including phenoxy) is 3. The minimum absolute atomic E-state index is 0.236. The molecule has 1 amide bonds. The van der Waals surface area contributed by atoms with Crippen molar-refractivity contribution in [2.75, 3.05) is 47.5 Å². The van der Waals surface area contributed by atoms with Crippen molar-refractivity contribution in [1.82, 2.24) is 10.2 Å². The molecule has 0 saturated carbocycles. The Balaban J connectivity index is 1.58. The van der Waals surface area contributed by atoms with E-state index in [0.717, 1.165) is 44.6 Å². The van der Waals surface area contributed by atoms with Gasteiger partial charge in [-0.1, -0.05) is 0 Å². The first-order chi connectivity index (χ1) is 12.6. The third kappa shape index (κ3) is 3.90. The van der Waals surface area contributed by atoms with Crippen molar-refractivity contribution in [3.05, 3.63) is 17.7 Å². The monoisotopic (exact) mass is 362 g/mol. The Hall–Kier alpha value is -1.95. The first kappa shape index (κ1) is 18.8. The van der Waals surface area contributed by atoms with Crippen molar-refractivity contribution in [2.45, 2.75) is 32.1 Å². The first-order valence-electron chi connectivity index (χ1n) is 9.38. The number of aryl methyl sites for hydroxylation is 1. The number of amides is 1. The molecule has 1 aromatic rings. The fraction of sp³-hybridized carbons (Fsp3) is 0.650. The van der Waals surface area contributed by atoms with E-state index in [9.17, 15) is 4.79 Å². The van der Waals surface area contributed by atoms with Crippen LogP contribution >= 0.6 is 0 Å². The lowest BCUT2D eigenvalue weighted by molar-refractivity contribution is -0.133. The molecule has 2 aliphatic heterocycles. The number of rotatable bonds is 6. The smallest absolute Gasteiger partial charge is 0.222 e. The van der Waals surface area contributed by atoms with Gasteiger partial charge >= 0.3 is 0 Å². The van der Waals surface area contributed by atoms with E-state index in [1.54, 1.807) is 21.3 Å². The van der Waals surface area contributed by atoms with Crippen LogP contribution in [0.2, 0.25) is 0 Å². The zero-order valence-corrected chi connectivity index (χ0v) is 16.1.